The molecule has 0 unspecified atom stereocenters. The summed E-state index contributed by atoms with van der Waals surface area (Å²) in [6.45, 7) is 4.51. The van der Waals surface area contributed by atoms with E-state index < -0.39 is 31.2 Å². The lowest BCUT2D eigenvalue weighted by Crippen LogP contribution is -2.06. The number of hydrogen-bond donors (Lipinski definition) is 2. The third-order valence-electron chi connectivity index (χ3n) is 2.20. The molecule has 0 aromatic carbocycles. The summed E-state index contributed by atoms with van der Waals surface area (Å²) in [6, 6.07) is 0. The Labute approximate surface area is 139 Å². The van der Waals surface area contributed by atoms with Crippen molar-refractivity contribution in [1.29, 1.82) is 0 Å². The Morgan fingerprint density at radius 2 is 1.17 bits per heavy atom. The smallest absolute Gasteiger partial charge is 0.329 e. The Morgan fingerprint density at radius 1 is 0.826 bits per heavy atom. The Hall–Kier alpha value is -1.02. The second kappa shape index (κ2) is 10.7. The van der Waals surface area contributed by atoms with Crippen molar-refractivity contribution in [3.63, 3.8) is 0 Å². The molecule has 13 heteroatoms. The van der Waals surface area contributed by atoms with Crippen molar-refractivity contribution in [2.45, 2.75) is 52.4 Å². The van der Waals surface area contributed by atoms with Gasteiger partial charge in [0.05, 0.1) is 0 Å². The first kappa shape index (κ1) is 22.0. The Morgan fingerprint density at radius 3 is 1.43 bits per heavy atom. The predicted octanol–water partition coefficient (Wildman–Crippen LogP) is 2.27. The second-order valence-electron chi connectivity index (χ2n) is 4.27. The van der Waals surface area contributed by atoms with Crippen molar-refractivity contribution >= 4 is 32.1 Å². The molecule has 0 saturated carbocycles. The summed E-state index contributed by atoms with van der Waals surface area (Å²) < 4.78 is 64.6. The van der Waals surface area contributed by atoms with E-state index in [1.54, 1.807) is 0 Å². The summed E-state index contributed by atoms with van der Waals surface area (Å²) in [5.41, 5.74) is 0. The van der Waals surface area contributed by atoms with E-state index in [-0.39, 0.29) is 11.3 Å². The van der Waals surface area contributed by atoms with Crippen LogP contribution in [0.5, 0.6) is 10.4 Å². The number of rotatable bonds is 9. The minimum absolute atomic E-state index is 0.242. The van der Waals surface area contributed by atoms with E-state index in [0.717, 1.165) is 0 Å². The molecule has 1 rings (SSSR count). The van der Waals surface area contributed by atoms with Crippen LogP contribution >= 0.6 is 11.3 Å². The van der Waals surface area contributed by atoms with E-state index in [9.17, 15) is 16.8 Å². The van der Waals surface area contributed by atoms with Crippen LogP contribution in [0.15, 0.2) is 0 Å². The highest BCUT2D eigenvalue weighted by Gasteiger charge is 2.16. The van der Waals surface area contributed by atoms with E-state index in [1.807, 2.05) is 0 Å². The van der Waals surface area contributed by atoms with Crippen molar-refractivity contribution in [3.05, 3.63) is 0 Å². The van der Waals surface area contributed by atoms with Gasteiger partial charge in [0.2, 0.25) is 0 Å². The van der Waals surface area contributed by atoms with E-state index in [2.05, 4.69) is 32.4 Å². The van der Waals surface area contributed by atoms with Gasteiger partial charge in [0.25, 0.3) is 0 Å². The summed E-state index contributed by atoms with van der Waals surface area (Å²) >= 11 is 0.242. The zero-order valence-corrected chi connectivity index (χ0v) is 15.2. The van der Waals surface area contributed by atoms with Gasteiger partial charge in [-0.1, -0.05) is 62.6 Å². The molecule has 0 bridgehead atoms. The van der Waals surface area contributed by atoms with Gasteiger partial charge in [-0.3, -0.25) is 9.11 Å². The Balaban J connectivity index is 0.000000515. The molecule has 1 heterocycles. The standard InChI is InChI=1S/C8H18.C2H2N2O8S3/c1-3-5-7-8-6-4-2;5-14(6,7)11-1-3-4-2(13-1)12-15(8,9)10/h3-8H2,1-2H3;(H,5,6,7)(H,8,9,10). The minimum Gasteiger partial charge on any atom is -0.329 e. The van der Waals surface area contributed by atoms with Crippen LogP contribution in [0.2, 0.25) is 0 Å². The fourth-order valence-corrected chi connectivity index (χ4v) is 2.83. The van der Waals surface area contributed by atoms with E-state index in [1.165, 1.54) is 38.5 Å². The molecule has 136 valence electrons. The Kier molecular flexibility index (Phi) is 10.2. The Bertz CT molecular complexity index is 586. The highest BCUT2D eigenvalue weighted by atomic mass is 32.3. The third-order valence-corrected chi connectivity index (χ3v) is 3.83. The minimum atomic E-state index is -4.77. The molecule has 1 aromatic heterocycles. The number of unbranched alkanes of at least 4 members (excludes halogenated alkanes) is 5. The van der Waals surface area contributed by atoms with Gasteiger partial charge in [-0.05, 0) is 11.3 Å². The van der Waals surface area contributed by atoms with E-state index in [0.29, 0.717) is 0 Å². The maximum absolute atomic E-state index is 10.2. The van der Waals surface area contributed by atoms with Gasteiger partial charge in [-0.2, -0.15) is 16.8 Å². The monoisotopic (exact) mass is 392 g/mol. The molecule has 10 nitrogen and oxygen atoms in total. The molecule has 0 radical (unpaired) electrons. The highest BCUT2D eigenvalue weighted by Crippen LogP contribution is 2.25. The molecule has 0 aliphatic heterocycles. The van der Waals surface area contributed by atoms with Crippen LogP contribution < -0.4 is 8.37 Å². The SMILES string of the molecule is CCCCCCCC.O=S(=O)(O)Oc1nnc(OS(=O)(=O)O)s1. The predicted molar refractivity (Wildman–Crippen MR) is 83.3 cm³/mol. The molecular formula is C10H20N2O8S3. The van der Waals surface area contributed by atoms with Crippen molar-refractivity contribution in [2.24, 2.45) is 0 Å². The molecular weight excluding hydrogens is 372 g/mol. The summed E-state index contributed by atoms with van der Waals surface area (Å²) in [7, 11) is -9.53. The van der Waals surface area contributed by atoms with E-state index in [4.69, 9.17) is 9.11 Å². The van der Waals surface area contributed by atoms with Crippen molar-refractivity contribution in [3.8, 4) is 10.4 Å². The van der Waals surface area contributed by atoms with Crippen molar-refractivity contribution in [1.82, 2.24) is 10.2 Å². The number of aromatic nitrogens is 2. The van der Waals surface area contributed by atoms with Crippen LogP contribution in [0.25, 0.3) is 0 Å². The van der Waals surface area contributed by atoms with Crippen LogP contribution in [-0.2, 0) is 20.8 Å². The van der Waals surface area contributed by atoms with Gasteiger partial charge in [-0.15, -0.1) is 0 Å². The lowest BCUT2D eigenvalue weighted by Gasteiger charge is -1.93. The first-order valence-corrected chi connectivity index (χ1v) is 10.3. The maximum atomic E-state index is 10.2. The molecule has 0 atom stereocenters. The molecule has 1 aromatic rings. The first-order chi connectivity index (χ1) is 10.6. The summed E-state index contributed by atoms with van der Waals surface area (Å²) in [5, 5.41) is 4.64. The quantitative estimate of drug-likeness (QED) is 0.472. The van der Waals surface area contributed by atoms with Crippen LogP contribution in [-0.4, -0.2) is 36.1 Å². The van der Waals surface area contributed by atoms with Gasteiger partial charge < -0.3 is 8.37 Å². The van der Waals surface area contributed by atoms with Crippen molar-refractivity contribution < 1.29 is 34.3 Å². The van der Waals surface area contributed by atoms with Crippen LogP contribution in [0.3, 0.4) is 0 Å². The summed E-state index contributed by atoms with van der Waals surface area (Å²) in [5.74, 6) is 0. The molecule has 0 aliphatic carbocycles. The van der Waals surface area contributed by atoms with Gasteiger partial charge in [0.15, 0.2) is 0 Å². The zero-order chi connectivity index (χ0) is 17.9. The fourth-order valence-electron chi connectivity index (χ4n) is 1.30. The number of hydrogen-bond acceptors (Lipinski definition) is 9. The van der Waals surface area contributed by atoms with Gasteiger partial charge in [0, 0.05) is 0 Å². The maximum Gasteiger partial charge on any atom is 0.448 e. The van der Waals surface area contributed by atoms with Crippen LogP contribution in [0.4, 0.5) is 0 Å². The molecule has 23 heavy (non-hydrogen) atoms. The zero-order valence-electron chi connectivity index (χ0n) is 12.7. The van der Waals surface area contributed by atoms with E-state index >= 15 is 0 Å². The van der Waals surface area contributed by atoms with Crippen LogP contribution in [0, 0.1) is 0 Å². The molecule has 0 amide bonds. The van der Waals surface area contributed by atoms with Crippen LogP contribution in [0.1, 0.15) is 52.4 Å². The largest absolute Gasteiger partial charge is 0.448 e. The van der Waals surface area contributed by atoms with Gasteiger partial charge in [0.1, 0.15) is 0 Å². The third kappa shape index (κ3) is 14.3. The van der Waals surface area contributed by atoms with Gasteiger partial charge >= 0.3 is 31.2 Å². The molecule has 0 aliphatic rings. The topological polar surface area (TPSA) is 153 Å². The summed E-state index contributed by atoms with van der Waals surface area (Å²) in [4.78, 5) is 0. The van der Waals surface area contributed by atoms with Gasteiger partial charge in [-0.25, -0.2) is 0 Å². The average Bonchev–Trinajstić information content (AvgIpc) is 2.78. The summed E-state index contributed by atoms with van der Waals surface area (Å²) in [6.07, 6.45) is 8.49. The highest BCUT2D eigenvalue weighted by molar-refractivity contribution is 7.81. The molecule has 2 N–H and O–H groups in total. The molecule has 0 spiro atoms. The molecule has 0 fully saturated rings. The fraction of sp³-hybridized carbons (Fsp3) is 0.800. The molecule has 0 saturated heterocycles. The lowest BCUT2D eigenvalue weighted by atomic mass is 10.1. The van der Waals surface area contributed by atoms with Crippen molar-refractivity contribution in [2.75, 3.05) is 0 Å². The lowest BCUT2D eigenvalue weighted by molar-refractivity contribution is 0.379. The first-order valence-electron chi connectivity index (χ1n) is 6.74. The number of nitrogens with zero attached hydrogens (tertiary/aromatic N) is 2. The average molecular weight is 392 g/mol. The normalized spacial score (nSPS) is 11.5. The second-order valence-corrected chi connectivity index (χ2v) is 7.22.